The van der Waals surface area contributed by atoms with Crippen LogP contribution in [0, 0.1) is 0 Å². The van der Waals surface area contributed by atoms with Crippen LogP contribution in [0.15, 0.2) is 67.3 Å². The predicted octanol–water partition coefficient (Wildman–Crippen LogP) is 4.07. The van der Waals surface area contributed by atoms with Crippen LogP contribution < -0.4 is 10.0 Å². The Hall–Kier alpha value is -1.79. The van der Waals surface area contributed by atoms with E-state index in [0.29, 0.717) is 12.3 Å². The van der Waals surface area contributed by atoms with Crippen LogP contribution in [0.25, 0.3) is 0 Å². The molecule has 0 radical (unpaired) electrons. The molecule has 0 saturated carbocycles. The van der Waals surface area contributed by atoms with E-state index >= 15 is 0 Å². The average molecular weight is 286 g/mol. The van der Waals surface area contributed by atoms with Crippen molar-refractivity contribution in [3.8, 4) is 5.75 Å². The SMILES string of the molecule is C=CC[P@@](=O)(Cc1ccccc1OC)c1ccccc1. The largest absolute Gasteiger partial charge is 0.496 e. The molecule has 2 nitrogen and oxygen atoms in total. The number of hydrogen-bond acceptors (Lipinski definition) is 2. The van der Waals surface area contributed by atoms with Crippen molar-refractivity contribution in [2.24, 2.45) is 0 Å². The van der Waals surface area contributed by atoms with Gasteiger partial charge in [0.05, 0.1) is 7.11 Å². The standard InChI is InChI=1S/C17H19O2P/c1-3-13-20(18,16-10-5-4-6-11-16)14-15-9-7-8-12-17(15)19-2/h3-12H,1,13-14H2,2H3/t20-/m1/s1. The van der Waals surface area contributed by atoms with Gasteiger partial charge in [-0.2, -0.15) is 0 Å². The fourth-order valence-corrected chi connectivity index (χ4v) is 4.74. The van der Waals surface area contributed by atoms with Crippen molar-refractivity contribution in [3.05, 3.63) is 72.8 Å². The predicted molar refractivity (Wildman–Crippen MR) is 85.4 cm³/mol. The highest BCUT2D eigenvalue weighted by Gasteiger charge is 2.24. The third kappa shape index (κ3) is 3.20. The first-order valence-corrected chi connectivity index (χ1v) is 8.64. The molecule has 104 valence electrons. The van der Waals surface area contributed by atoms with Crippen LogP contribution in [0.3, 0.4) is 0 Å². The summed E-state index contributed by atoms with van der Waals surface area (Å²) in [4.78, 5) is 0. The fourth-order valence-electron chi connectivity index (χ4n) is 2.28. The molecular weight excluding hydrogens is 267 g/mol. The molecule has 0 saturated heterocycles. The average Bonchev–Trinajstić information content (AvgIpc) is 2.49. The molecule has 2 aromatic rings. The summed E-state index contributed by atoms with van der Waals surface area (Å²) in [6.45, 7) is 3.75. The zero-order valence-electron chi connectivity index (χ0n) is 11.7. The number of methoxy groups -OCH3 is 1. The van der Waals surface area contributed by atoms with Crippen molar-refractivity contribution in [2.75, 3.05) is 13.3 Å². The van der Waals surface area contributed by atoms with Crippen molar-refractivity contribution in [2.45, 2.75) is 6.16 Å². The Bertz CT molecular complexity index is 620. The molecule has 0 N–H and O–H groups in total. The van der Waals surface area contributed by atoms with Crippen molar-refractivity contribution in [3.63, 3.8) is 0 Å². The summed E-state index contributed by atoms with van der Waals surface area (Å²) in [6, 6.07) is 17.4. The van der Waals surface area contributed by atoms with Gasteiger partial charge in [-0.05, 0) is 6.07 Å². The number of ether oxygens (including phenoxy) is 1. The highest BCUT2D eigenvalue weighted by Crippen LogP contribution is 2.49. The molecule has 2 aromatic carbocycles. The normalized spacial score (nSPS) is 13.4. The van der Waals surface area contributed by atoms with Crippen LogP contribution in [0.1, 0.15) is 5.56 Å². The summed E-state index contributed by atoms with van der Waals surface area (Å²) >= 11 is 0. The van der Waals surface area contributed by atoms with E-state index in [1.807, 2.05) is 54.6 Å². The lowest BCUT2D eigenvalue weighted by atomic mass is 10.2. The van der Waals surface area contributed by atoms with Crippen molar-refractivity contribution >= 4 is 12.4 Å². The summed E-state index contributed by atoms with van der Waals surface area (Å²) in [6.07, 6.45) is 2.73. The lowest BCUT2D eigenvalue weighted by Gasteiger charge is -2.18. The van der Waals surface area contributed by atoms with Crippen LogP contribution >= 0.6 is 7.14 Å². The Kier molecular flexibility index (Phi) is 4.81. The number of hydrogen-bond donors (Lipinski definition) is 0. The van der Waals surface area contributed by atoms with Gasteiger partial charge < -0.3 is 9.30 Å². The zero-order chi connectivity index (χ0) is 14.4. The fraction of sp³-hybridized carbons (Fsp3) is 0.176. The summed E-state index contributed by atoms with van der Waals surface area (Å²) in [5, 5.41) is 0.894. The van der Waals surface area contributed by atoms with Gasteiger partial charge in [0.25, 0.3) is 0 Å². The topological polar surface area (TPSA) is 26.3 Å². The van der Waals surface area contributed by atoms with Gasteiger partial charge in [0.2, 0.25) is 0 Å². The van der Waals surface area contributed by atoms with E-state index in [-0.39, 0.29) is 0 Å². The highest BCUT2D eigenvalue weighted by atomic mass is 31.2. The minimum absolute atomic E-state index is 0.493. The summed E-state index contributed by atoms with van der Waals surface area (Å²) in [5.74, 6) is 0.785. The molecule has 3 heteroatoms. The third-order valence-electron chi connectivity index (χ3n) is 3.27. The Morgan fingerprint density at radius 1 is 1.10 bits per heavy atom. The molecule has 0 unspecified atom stereocenters. The molecule has 0 spiro atoms. The molecule has 20 heavy (non-hydrogen) atoms. The van der Waals surface area contributed by atoms with Gasteiger partial charge in [0, 0.05) is 23.2 Å². The first kappa shape index (κ1) is 14.6. The lowest BCUT2D eigenvalue weighted by Crippen LogP contribution is -2.09. The van der Waals surface area contributed by atoms with E-state index in [1.54, 1.807) is 13.2 Å². The zero-order valence-corrected chi connectivity index (χ0v) is 12.6. The molecule has 0 heterocycles. The van der Waals surface area contributed by atoms with E-state index in [2.05, 4.69) is 6.58 Å². The first-order chi connectivity index (χ1) is 9.69. The van der Waals surface area contributed by atoms with Gasteiger partial charge >= 0.3 is 0 Å². The van der Waals surface area contributed by atoms with Gasteiger partial charge in [0.1, 0.15) is 12.9 Å². The van der Waals surface area contributed by atoms with Gasteiger partial charge in [-0.1, -0.05) is 54.6 Å². The van der Waals surface area contributed by atoms with Crippen molar-refractivity contribution in [1.82, 2.24) is 0 Å². The van der Waals surface area contributed by atoms with Crippen LogP contribution in [0.2, 0.25) is 0 Å². The molecule has 0 aliphatic heterocycles. The van der Waals surface area contributed by atoms with E-state index < -0.39 is 7.14 Å². The van der Waals surface area contributed by atoms with Crippen molar-refractivity contribution < 1.29 is 9.30 Å². The quantitative estimate of drug-likeness (QED) is 0.591. The molecule has 0 aliphatic rings. The Morgan fingerprint density at radius 3 is 2.40 bits per heavy atom. The summed E-state index contributed by atoms with van der Waals surface area (Å²) in [5.41, 5.74) is 0.976. The van der Waals surface area contributed by atoms with Crippen LogP contribution in [0.4, 0.5) is 0 Å². The third-order valence-corrected chi connectivity index (χ3v) is 6.21. The van der Waals surface area contributed by atoms with Gasteiger partial charge in [-0.15, -0.1) is 6.58 Å². The van der Waals surface area contributed by atoms with E-state index in [1.165, 1.54) is 0 Å². The molecule has 0 aromatic heterocycles. The van der Waals surface area contributed by atoms with Crippen LogP contribution in [-0.4, -0.2) is 13.3 Å². The molecule has 0 aliphatic carbocycles. The van der Waals surface area contributed by atoms with E-state index in [4.69, 9.17) is 4.74 Å². The summed E-state index contributed by atoms with van der Waals surface area (Å²) < 4.78 is 18.7. The maximum absolute atomic E-state index is 13.3. The smallest absolute Gasteiger partial charge is 0.123 e. The molecular formula is C17H19O2P. The second kappa shape index (κ2) is 6.58. The Labute approximate surface area is 120 Å². The van der Waals surface area contributed by atoms with Crippen LogP contribution in [0.5, 0.6) is 5.75 Å². The van der Waals surface area contributed by atoms with Gasteiger partial charge in [-0.25, -0.2) is 0 Å². The first-order valence-electron chi connectivity index (χ1n) is 6.56. The van der Waals surface area contributed by atoms with E-state index in [0.717, 1.165) is 16.6 Å². The maximum atomic E-state index is 13.3. The minimum Gasteiger partial charge on any atom is -0.496 e. The van der Waals surface area contributed by atoms with Crippen molar-refractivity contribution in [1.29, 1.82) is 0 Å². The van der Waals surface area contributed by atoms with Crippen LogP contribution in [-0.2, 0) is 10.7 Å². The molecule has 0 bridgehead atoms. The number of allylic oxidation sites excluding steroid dienone is 1. The second-order valence-electron chi connectivity index (χ2n) is 4.67. The second-order valence-corrected chi connectivity index (χ2v) is 7.64. The summed E-state index contributed by atoms with van der Waals surface area (Å²) in [7, 11) is -0.893. The number of para-hydroxylation sites is 1. The van der Waals surface area contributed by atoms with Gasteiger partial charge in [0.15, 0.2) is 0 Å². The van der Waals surface area contributed by atoms with Gasteiger partial charge in [-0.3, -0.25) is 0 Å². The van der Waals surface area contributed by atoms with E-state index in [9.17, 15) is 4.57 Å². The highest BCUT2D eigenvalue weighted by molar-refractivity contribution is 7.71. The Morgan fingerprint density at radius 2 is 1.75 bits per heavy atom. The maximum Gasteiger partial charge on any atom is 0.123 e. The number of benzene rings is 2. The molecule has 0 fully saturated rings. The minimum atomic E-state index is -2.53. The molecule has 1 atom stereocenters. The Balaban J connectivity index is 2.40. The molecule has 2 rings (SSSR count). The molecule has 0 amide bonds. The number of rotatable bonds is 6. The lowest BCUT2D eigenvalue weighted by molar-refractivity contribution is 0.411. The monoisotopic (exact) mass is 286 g/mol.